The molecule has 152 valence electrons. The molecule has 0 saturated heterocycles. The molecule has 28 heavy (non-hydrogen) atoms. The Labute approximate surface area is 167 Å². The quantitative estimate of drug-likeness (QED) is 0.665. The van der Waals surface area contributed by atoms with E-state index in [2.05, 4.69) is 23.9 Å². The largest absolute Gasteiger partial charge is 0.483 e. The standard InChI is InChI=1S/C21H28N2O4S/c1-5-12-22-28(25,26)18-9-7-17(8-10-18)23-21(24)14-27-20-13-16(4)6-11-19(20)15(2)3/h6-11,13,15,22H,5,12,14H2,1-4H3,(H,23,24). The average Bonchev–Trinajstić information content (AvgIpc) is 2.65. The number of anilines is 1. The van der Waals surface area contributed by atoms with Gasteiger partial charge in [-0.2, -0.15) is 0 Å². The summed E-state index contributed by atoms with van der Waals surface area (Å²) in [5.41, 5.74) is 2.62. The fraction of sp³-hybridized carbons (Fsp3) is 0.381. The van der Waals surface area contributed by atoms with Gasteiger partial charge in [-0.05, 0) is 60.7 Å². The molecule has 0 spiro atoms. The summed E-state index contributed by atoms with van der Waals surface area (Å²) in [5, 5.41) is 2.72. The van der Waals surface area contributed by atoms with Crippen molar-refractivity contribution in [3.8, 4) is 5.75 Å². The lowest BCUT2D eigenvalue weighted by molar-refractivity contribution is -0.118. The summed E-state index contributed by atoms with van der Waals surface area (Å²) in [6, 6.07) is 12.0. The molecule has 2 aromatic carbocycles. The van der Waals surface area contributed by atoms with E-state index in [4.69, 9.17) is 4.74 Å². The zero-order valence-corrected chi connectivity index (χ0v) is 17.6. The molecule has 0 aliphatic carbocycles. The van der Waals surface area contributed by atoms with Crippen LogP contribution in [0.5, 0.6) is 5.75 Å². The van der Waals surface area contributed by atoms with Crippen molar-refractivity contribution in [1.29, 1.82) is 0 Å². The average molecular weight is 405 g/mol. The number of hydrogen-bond donors (Lipinski definition) is 2. The highest BCUT2D eigenvalue weighted by Crippen LogP contribution is 2.27. The molecule has 6 nitrogen and oxygen atoms in total. The van der Waals surface area contributed by atoms with Crippen LogP contribution in [-0.4, -0.2) is 27.5 Å². The van der Waals surface area contributed by atoms with Gasteiger partial charge in [0, 0.05) is 12.2 Å². The Balaban J connectivity index is 1.98. The van der Waals surface area contributed by atoms with E-state index in [9.17, 15) is 13.2 Å². The molecule has 2 rings (SSSR count). The van der Waals surface area contributed by atoms with Crippen molar-refractivity contribution in [3.63, 3.8) is 0 Å². The summed E-state index contributed by atoms with van der Waals surface area (Å²) in [7, 11) is -3.52. The van der Waals surface area contributed by atoms with Crippen molar-refractivity contribution in [2.24, 2.45) is 0 Å². The third-order valence-electron chi connectivity index (χ3n) is 4.14. The van der Waals surface area contributed by atoms with E-state index in [1.807, 2.05) is 32.0 Å². The second-order valence-electron chi connectivity index (χ2n) is 6.95. The maximum atomic E-state index is 12.2. The first-order valence-electron chi connectivity index (χ1n) is 9.36. The fourth-order valence-electron chi connectivity index (χ4n) is 2.62. The van der Waals surface area contributed by atoms with E-state index in [0.29, 0.717) is 24.4 Å². The van der Waals surface area contributed by atoms with Crippen LogP contribution in [0.15, 0.2) is 47.4 Å². The summed E-state index contributed by atoms with van der Waals surface area (Å²) in [5.74, 6) is 0.680. The molecule has 0 aromatic heterocycles. The van der Waals surface area contributed by atoms with Crippen molar-refractivity contribution in [1.82, 2.24) is 4.72 Å². The van der Waals surface area contributed by atoms with Gasteiger partial charge in [-0.3, -0.25) is 4.79 Å². The van der Waals surface area contributed by atoms with E-state index in [-0.39, 0.29) is 23.3 Å². The first-order chi connectivity index (χ1) is 13.2. The molecule has 0 bridgehead atoms. The van der Waals surface area contributed by atoms with Crippen molar-refractivity contribution >= 4 is 21.6 Å². The second kappa shape index (κ2) is 9.71. The number of benzene rings is 2. The first kappa shape index (κ1) is 21.9. The second-order valence-corrected chi connectivity index (χ2v) is 8.72. The van der Waals surface area contributed by atoms with Crippen LogP contribution in [-0.2, 0) is 14.8 Å². The number of carbonyl (C=O) groups excluding carboxylic acids is 1. The van der Waals surface area contributed by atoms with Crippen molar-refractivity contribution in [3.05, 3.63) is 53.6 Å². The van der Waals surface area contributed by atoms with Crippen molar-refractivity contribution in [2.75, 3.05) is 18.5 Å². The van der Waals surface area contributed by atoms with Crippen LogP contribution in [0, 0.1) is 6.92 Å². The lowest BCUT2D eigenvalue weighted by Gasteiger charge is -2.15. The van der Waals surface area contributed by atoms with Gasteiger partial charge in [-0.25, -0.2) is 13.1 Å². The van der Waals surface area contributed by atoms with E-state index in [1.165, 1.54) is 12.1 Å². The molecule has 0 aliphatic rings. The van der Waals surface area contributed by atoms with Crippen LogP contribution >= 0.6 is 0 Å². The number of hydrogen-bond acceptors (Lipinski definition) is 4. The highest BCUT2D eigenvalue weighted by atomic mass is 32.2. The predicted octanol–water partition coefficient (Wildman–Crippen LogP) is 3.82. The molecule has 0 atom stereocenters. The summed E-state index contributed by atoms with van der Waals surface area (Å²) < 4.78 is 32.4. The number of sulfonamides is 1. The Hall–Kier alpha value is -2.38. The monoisotopic (exact) mass is 404 g/mol. The Morgan fingerprint density at radius 3 is 2.39 bits per heavy atom. The molecule has 0 aliphatic heterocycles. The van der Waals surface area contributed by atoms with Gasteiger partial charge in [-0.1, -0.05) is 32.9 Å². The number of rotatable bonds is 9. The van der Waals surface area contributed by atoms with Gasteiger partial charge in [-0.15, -0.1) is 0 Å². The molecule has 0 radical (unpaired) electrons. The zero-order valence-electron chi connectivity index (χ0n) is 16.8. The van der Waals surface area contributed by atoms with E-state index in [1.54, 1.807) is 12.1 Å². The fourth-order valence-corrected chi connectivity index (χ4v) is 3.76. The SMILES string of the molecule is CCCNS(=O)(=O)c1ccc(NC(=O)COc2cc(C)ccc2C(C)C)cc1. The van der Waals surface area contributed by atoms with E-state index < -0.39 is 10.0 Å². The molecule has 0 fully saturated rings. The maximum Gasteiger partial charge on any atom is 0.262 e. The highest BCUT2D eigenvalue weighted by Gasteiger charge is 2.14. The van der Waals surface area contributed by atoms with Crippen LogP contribution in [0.2, 0.25) is 0 Å². The maximum absolute atomic E-state index is 12.2. The van der Waals surface area contributed by atoms with Gasteiger partial charge in [0.05, 0.1) is 4.90 Å². The molecular weight excluding hydrogens is 376 g/mol. The Morgan fingerprint density at radius 2 is 1.79 bits per heavy atom. The summed E-state index contributed by atoms with van der Waals surface area (Å²) in [4.78, 5) is 12.4. The normalized spacial score (nSPS) is 11.5. The van der Waals surface area contributed by atoms with Gasteiger partial charge in [0.1, 0.15) is 5.75 Å². The molecule has 2 N–H and O–H groups in total. The molecule has 2 aromatic rings. The number of aryl methyl sites for hydroxylation is 1. The first-order valence-corrected chi connectivity index (χ1v) is 10.8. The number of ether oxygens (including phenoxy) is 1. The van der Waals surface area contributed by atoms with Crippen LogP contribution in [0.3, 0.4) is 0 Å². The van der Waals surface area contributed by atoms with Gasteiger partial charge in [0.25, 0.3) is 5.91 Å². The van der Waals surface area contributed by atoms with Crippen LogP contribution in [0.1, 0.15) is 44.2 Å². The van der Waals surface area contributed by atoms with E-state index in [0.717, 1.165) is 11.1 Å². The van der Waals surface area contributed by atoms with E-state index >= 15 is 0 Å². The third-order valence-corrected chi connectivity index (χ3v) is 5.62. The van der Waals surface area contributed by atoms with Crippen LogP contribution in [0.25, 0.3) is 0 Å². The Bertz CT molecular complexity index is 907. The molecule has 0 heterocycles. The number of amides is 1. The minimum absolute atomic E-state index is 0.124. The van der Waals surface area contributed by atoms with Gasteiger partial charge in [0.2, 0.25) is 10.0 Å². The molecule has 1 amide bonds. The lowest BCUT2D eigenvalue weighted by Crippen LogP contribution is -2.24. The third kappa shape index (κ3) is 6.07. The summed E-state index contributed by atoms with van der Waals surface area (Å²) in [6.45, 7) is 8.27. The number of nitrogens with one attached hydrogen (secondary N) is 2. The topological polar surface area (TPSA) is 84.5 Å². The molecule has 0 unspecified atom stereocenters. The lowest BCUT2D eigenvalue weighted by atomic mass is 10.0. The summed E-state index contributed by atoms with van der Waals surface area (Å²) in [6.07, 6.45) is 0.715. The summed E-state index contributed by atoms with van der Waals surface area (Å²) >= 11 is 0. The smallest absolute Gasteiger partial charge is 0.262 e. The molecule has 0 saturated carbocycles. The van der Waals surface area contributed by atoms with Crippen LogP contribution in [0.4, 0.5) is 5.69 Å². The van der Waals surface area contributed by atoms with Gasteiger partial charge >= 0.3 is 0 Å². The zero-order chi connectivity index (χ0) is 20.7. The predicted molar refractivity (Wildman–Crippen MR) is 111 cm³/mol. The molecule has 7 heteroatoms. The molecular formula is C21H28N2O4S. The van der Waals surface area contributed by atoms with Gasteiger partial charge in [0.15, 0.2) is 6.61 Å². The minimum atomic E-state index is -3.52. The van der Waals surface area contributed by atoms with Crippen molar-refractivity contribution < 1.29 is 17.9 Å². The Morgan fingerprint density at radius 1 is 1.11 bits per heavy atom. The van der Waals surface area contributed by atoms with Gasteiger partial charge < -0.3 is 10.1 Å². The van der Waals surface area contributed by atoms with Crippen molar-refractivity contribution in [2.45, 2.75) is 44.9 Å². The highest BCUT2D eigenvalue weighted by molar-refractivity contribution is 7.89. The Kier molecular flexibility index (Phi) is 7.60. The van der Waals surface area contributed by atoms with Crippen LogP contribution < -0.4 is 14.8 Å². The minimum Gasteiger partial charge on any atom is -0.483 e. The number of carbonyl (C=O) groups is 1.